The SMILES string of the molecule is O=C(Nc1ccc2c(c1)OCCCO2)c1ccccc1Br. The van der Waals surface area contributed by atoms with Gasteiger partial charge in [-0.25, -0.2) is 0 Å². The summed E-state index contributed by atoms with van der Waals surface area (Å²) in [5, 5.41) is 2.87. The number of ether oxygens (including phenoxy) is 2. The van der Waals surface area contributed by atoms with Crippen LogP contribution in [0.3, 0.4) is 0 Å². The topological polar surface area (TPSA) is 47.6 Å². The van der Waals surface area contributed by atoms with Gasteiger partial charge in [-0.2, -0.15) is 0 Å². The molecule has 0 aliphatic carbocycles. The van der Waals surface area contributed by atoms with Gasteiger partial charge in [-0.1, -0.05) is 12.1 Å². The van der Waals surface area contributed by atoms with Crippen LogP contribution in [-0.4, -0.2) is 19.1 Å². The van der Waals surface area contributed by atoms with E-state index in [0.717, 1.165) is 10.9 Å². The number of benzene rings is 2. The molecule has 21 heavy (non-hydrogen) atoms. The average molecular weight is 348 g/mol. The molecule has 0 fully saturated rings. The summed E-state index contributed by atoms with van der Waals surface area (Å²) in [7, 11) is 0. The molecule has 108 valence electrons. The molecule has 0 radical (unpaired) electrons. The van der Waals surface area contributed by atoms with Crippen LogP contribution in [0, 0.1) is 0 Å². The highest BCUT2D eigenvalue weighted by molar-refractivity contribution is 9.10. The Hall–Kier alpha value is -2.01. The lowest BCUT2D eigenvalue weighted by Crippen LogP contribution is -2.12. The zero-order valence-electron chi connectivity index (χ0n) is 11.3. The lowest BCUT2D eigenvalue weighted by atomic mass is 10.2. The molecule has 2 aromatic rings. The Kier molecular flexibility index (Phi) is 4.10. The van der Waals surface area contributed by atoms with Crippen molar-refractivity contribution in [2.75, 3.05) is 18.5 Å². The van der Waals surface area contributed by atoms with Crippen molar-refractivity contribution in [1.29, 1.82) is 0 Å². The van der Waals surface area contributed by atoms with Crippen molar-refractivity contribution in [3.05, 3.63) is 52.5 Å². The van der Waals surface area contributed by atoms with E-state index in [2.05, 4.69) is 21.2 Å². The van der Waals surface area contributed by atoms with E-state index in [1.165, 1.54) is 0 Å². The molecule has 1 heterocycles. The first-order chi connectivity index (χ1) is 10.2. The quantitative estimate of drug-likeness (QED) is 0.897. The summed E-state index contributed by atoms with van der Waals surface area (Å²) in [5.74, 6) is 1.21. The number of fused-ring (bicyclic) bond motifs is 1. The molecule has 0 aromatic heterocycles. The maximum atomic E-state index is 12.3. The van der Waals surface area contributed by atoms with E-state index >= 15 is 0 Å². The van der Waals surface area contributed by atoms with Gasteiger partial charge in [-0.05, 0) is 40.2 Å². The number of hydrogen-bond donors (Lipinski definition) is 1. The lowest BCUT2D eigenvalue weighted by molar-refractivity contribution is 0.102. The van der Waals surface area contributed by atoms with Gasteiger partial charge in [0.05, 0.1) is 18.8 Å². The van der Waals surface area contributed by atoms with Crippen LogP contribution >= 0.6 is 15.9 Å². The number of amides is 1. The number of hydrogen-bond acceptors (Lipinski definition) is 3. The first-order valence-corrected chi connectivity index (χ1v) is 7.49. The van der Waals surface area contributed by atoms with Gasteiger partial charge in [0.25, 0.3) is 5.91 Å². The molecule has 0 saturated carbocycles. The van der Waals surface area contributed by atoms with Gasteiger partial charge in [-0.3, -0.25) is 4.79 Å². The lowest BCUT2D eigenvalue weighted by Gasteiger charge is -2.11. The van der Waals surface area contributed by atoms with Crippen LogP contribution in [0.4, 0.5) is 5.69 Å². The first kappa shape index (κ1) is 13.9. The molecule has 0 unspecified atom stereocenters. The van der Waals surface area contributed by atoms with E-state index in [1.54, 1.807) is 12.1 Å². The predicted molar refractivity (Wildman–Crippen MR) is 84.1 cm³/mol. The van der Waals surface area contributed by atoms with Gasteiger partial charge in [0.15, 0.2) is 11.5 Å². The maximum absolute atomic E-state index is 12.3. The summed E-state index contributed by atoms with van der Waals surface area (Å²) in [6.07, 6.45) is 0.854. The van der Waals surface area contributed by atoms with Crippen LogP contribution in [0.25, 0.3) is 0 Å². The molecular weight excluding hydrogens is 334 g/mol. The summed E-state index contributed by atoms with van der Waals surface area (Å²) >= 11 is 3.38. The number of carbonyl (C=O) groups excluding carboxylic acids is 1. The molecule has 4 nitrogen and oxygen atoms in total. The van der Waals surface area contributed by atoms with E-state index in [4.69, 9.17) is 9.47 Å². The Balaban J connectivity index is 1.81. The Labute approximate surface area is 131 Å². The molecule has 2 aromatic carbocycles. The Morgan fingerprint density at radius 2 is 1.81 bits per heavy atom. The van der Waals surface area contributed by atoms with Crippen LogP contribution in [0.1, 0.15) is 16.8 Å². The highest BCUT2D eigenvalue weighted by atomic mass is 79.9. The highest BCUT2D eigenvalue weighted by Gasteiger charge is 2.13. The van der Waals surface area contributed by atoms with Crippen LogP contribution in [0.2, 0.25) is 0 Å². The van der Waals surface area contributed by atoms with Crippen LogP contribution < -0.4 is 14.8 Å². The van der Waals surface area contributed by atoms with E-state index in [-0.39, 0.29) is 5.91 Å². The molecule has 0 atom stereocenters. The van der Waals surface area contributed by atoms with Gasteiger partial charge in [0, 0.05) is 22.6 Å². The maximum Gasteiger partial charge on any atom is 0.256 e. The fourth-order valence-electron chi connectivity index (χ4n) is 2.08. The van der Waals surface area contributed by atoms with Crippen molar-refractivity contribution in [3.63, 3.8) is 0 Å². The average Bonchev–Trinajstić information content (AvgIpc) is 2.72. The van der Waals surface area contributed by atoms with Gasteiger partial charge in [0.1, 0.15) is 0 Å². The molecule has 0 saturated heterocycles. The molecule has 1 aliphatic heterocycles. The Morgan fingerprint density at radius 1 is 1.05 bits per heavy atom. The van der Waals surface area contributed by atoms with Gasteiger partial charge < -0.3 is 14.8 Å². The highest BCUT2D eigenvalue weighted by Crippen LogP contribution is 2.32. The number of rotatable bonds is 2. The third-order valence-electron chi connectivity index (χ3n) is 3.12. The summed E-state index contributed by atoms with van der Waals surface area (Å²) in [6, 6.07) is 12.7. The number of carbonyl (C=O) groups is 1. The van der Waals surface area contributed by atoms with Gasteiger partial charge >= 0.3 is 0 Å². The largest absolute Gasteiger partial charge is 0.490 e. The van der Waals surface area contributed by atoms with Crippen LogP contribution in [-0.2, 0) is 0 Å². The number of nitrogens with one attached hydrogen (secondary N) is 1. The first-order valence-electron chi connectivity index (χ1n) is 6.69. The molecule has 0 spiro atoms. The minimum atomic E-state index is -0.169. The number of anilines is 1. The third-order valence-corrected chi connectivity index (χ3v) is 3.82. The van der Waals surface area contributed by atoms with Crippen molar-refractivity contribution in [3.8, 4) is 11.5 Å². The van der Waals surface area contributed by atoms with E-state index in [9.17, 15) is 4.79 Å². The fourth-order valence-corrected chi connectivity index (χ4v) is 2.55. The second kappa shape index (κ2) is 6.18. The minimum Gasteiger partial charge on any atom is -0.490 e. The molecule has 1 N–H and O–H groups in total. The zero-order valence-corrected chi connectivity index (χ0v) is 12.9. The summed E-state index contributed by atoms with van der Waals surface area (Å²) < 4.78 is 11.9. The van der Waals surface area contributed by atoms with Gasteiger partial charge in [-0.15, -0.1) is 0 Å². The van der Waals surface area contributed by atoms with E-state index < -0.39 is 0 Å². The molecule has 1 amide bonds. The molecule has 5 heteroatoms. The van der Waals surface area contributed by atoms with Crippen LogP contribution in [0.15, 0.2) is 46.9 Å². The fraction of sp³-hybridized carbons (Fsp3) is 0.188. The molecule has 3 rings (SSSR count). The molecule has 1 aliphatic rings. The monoisotopic (exact) mass is 347 g/mol. The van der Waals surface area contributed by atoms with Crippen molar-refractivity contribution in [2.24, 2.45) is 0 Å². The van der Waals surface area contributed by atoms with Crippen molar-refractivity contribution in [1.82, 2.24) is 0 Å². The Morgan fingerprint density at radius 3 is 2.62 bits per heavy atom. The van der Waals surface area contributed by atoms with Crippen LogP contribution in [0.5, 0.6) is 11.5 Å². The second-order valence-electron chi connectivity index (χ2n) is 4.65. The summed E-state index contributed by atoms with van der Waals surface area (Å²) in [5.41, 5.74) is 1.27. The number of halogens is 1. The smallest absolute Gasteiger partial charge is 0.256 e. The predicted octanol–water partition coefficient (Wildman–Crippen LogP) is 3.86. The third kappa shape index (κ3) is 3.19. The van der Waals surface area contributed by atoms with Crippen molar-refractivity contribution < 1.29 is 14.3 Å². The minimum absolute atomic E-state index is 0.169. The van der Waals surface area contributed by atoms with Crippen molar-refractivity contribution in [2.45, 2.75) is 6.42 Å². The standard InChI is InChI=1S/C16H14BrNO3/c17-13-5-2-1-4-12(13)16(19)18-11-6-7-14-15(10-11)21-9-3-8-20-14/h1-2,4-7,10H,3,8-9H2,(H,18,19). The second-order valence-corrected chi connectivity index (χ2v) is 5.50. The summed E-state index contributed by atoms with van der Waals surface area (Å²) in [6.45, 7) is 1.27. The molecule has 0 bridgehead atoms. The van der Waals surface area contributed by atoms with Crippen molar-refractivity contribution >= 4 is 27.5 Å². The Bertz CT molecular complexity index is 672. The zero-order chi connectivity index (χ0) is 14.7. The van der Waals surface area contributed by atoms with E-state index in [0.29, 0.717) is 36.0 Å². The van der Waals surface area contributed by atoms with E-state index in [1.807, 2.05) is 30.3 Å². The van der Waals surface area contributed by atoms with Gasteiger partial charge in [0.2, 0.25) is 0 Å². The molecular formula is C16H14BrNO3. The summed E-state index contributed by atoms with van der Waals surface area (Å²) in [4.78, 5) is 12.3. The normalized spacial score (nSPS) is 13.4.